The fraction of sp³-hybridized carbons (Fsp3) is 0.400. The fourth-order valence-corrected chi connectivity index (χ4v) is 2.80. The number of aromatic nitrogens is 1. The van der Waals surface area contributed by atoms with Crippen LogP contribution >= 0.6 is 11.3 Å². The van der Waals surface area contributed by atoms with Gasteiger partial charge in [-0.2, -0.15) is 13.2 Å². The van der Waals surface area contributed by atoms with Gasteiger partial charge in [-0.25, -0.2) is 4.98 Å². The zero-order chi connectivity index (χ0) is 15.5. The molecule has 0 aliphatic carbocycles. The third-order valence-electron chi connectivity index (χ3n) is 3.13. The van der Waals surface area contributed by atoms with E-state index in [0.29, 0.717) is 5.56 Å². The van der Waals surface area contributed by atoms with E-state index in [1.54, 1.807) is 0 Å². The molecule has 1 atom stereocenters. The van der Waals surface area contributed by atoms with E-state index >= 15 is 0 Å². The maximum Gasteiger partial charge on any atom is 0.416 e. The zero-order valence-electron chi connectivity index (χ0n) is 11.9. The summed E-state index contributed by atoms with van der Waals surface area (Å²) in [5.74, 6) is 0. The van der Waals surface area contributed by atoms with E-state index < -0.39 is 11.7 Å². The van der Waals surface area contributed by atoms with Crippen molar-refractivity contribution in [3.8, 4) is 10.6 Å². The van der Waals surface area contributed by atoms with Crippen molar-refractivity contribution in [3.63, 3.8) is 0 Å². The predicted molar refractivity (Wildman–Crippen MR) is 79.3 cm³/mol. The number of halogens is 3. The van der Waals surface area contributed by atoms with Crippen LogP contribution in [0.4, 0.5) is 13.2 Å². The van der Waals surface area contributed by atoms with E-state index in [1.807, 2.05) is 12.3 Å². The molecule has 0 aliphatic rings. The second-order valence-electron chi connectivity index (χ2n) is 4.83. The lowest BCUT2D eigenvalue weighted by Crippen LogP contribution is -2.19. The number of benzene rings is 1. The van der Waals surface area contributed by atoms with Crippen molar-refractivity contribution < 1.29 is 13.2 Å². The van der Waals surface area contributed by atoms with Crippen LogP contribution in [0.15, 0.2) is 29.6 Å². The molecule has 0 bridgehead atoms. The van der Waals surface area contributed by atoms with Crippen LogP contribution in [0.1, 0.15) is 37.6 Å². The Morgan fingerprint density at radius 1 is 1.24 bits per heavy atom. The second-order valence-corrected chi connectivity index (χ2v) is 5.69. The van der Waals surface area contributed by atoms with Crippen LogP contribution < -0.4 is 5.32 Å². The maximum atomic E-state index is 12.5. The van der Waals surface area contributed by atoms with Gasteiger partial charge in [-0.3, -0.25) is 0 Å². The first-order valence-electron chi connectivity index (χ1n) is 6.78. The molecule has 1 N–H and O–H groups in total. The van der Waals surface area contributed by atoms with Crippen molar-refractivity contribution >= 4 is 11.3 Å². The molecule has 0 saturated heterocycles. The first kappa shape index (κ1) is 16.0. The molecular weight excluding hydrogens is 297 g/mol. The van der Waals surface area contributed by atoms with Crippen molar-refractivity contribution in [1.82, 2.24) is 10.3 Å². The minimum Gasteiger partial charge on any atom is -0.309 e. The molecule has 0 saturated carbocycles. The molecule has 0 amide bonds. The summed E-state index contributed by atoms with van der Waals surface area (Å²) in [6.45, 7) is 5.03. The highest BCUT2D eigenvalue weighted by Gasteiger charge is 2.30. The lowest BCUT2D eigenvalue weighted by atomic mass is 10.1. The van der Waals surface area contributed by atoms with Crippen molar-refractivity contribution in [1.29, 1.82) is 0 Å². The Morgan fingerprint density at radius 3 is 2.48 bits per heavy atom. The lowest BCUT2D eigenvalue weighted by molar-refractivity contribution is -0.137. The number of alkyl halides is 3. The summed E-state index contributed by atoms with van der Waals surface area (Å²) in [5, 5.41) is 6.02. The summed E-state index contributed by atoms with van der Waals surface area (Å²) in [5.41, 5.74) is 0.992. The van der Waals surface area contributed by atoms with E-state index in [-0.39, 0.29) is 6.04 Å². The largest absolute Gasteiger partial charge is 0.416 e. The molecule has 6 heteroatoms. The first-order valence-corrected chi connectivity index (χ1v) is 7.66. The minimum atomic E-state index is -4.30. The van der Waals surface area contributed by atoms with Crippen molar-refractivity contribution in [2.75, 3.05) is 6.54 Å². The van der Waals surface area contributed by atoms with E-state index in [4.69, 9.17) is 0 Å². The molecular formula is C15H17F3N2S. The van der Waals surface area contributed by atoms with Crippen molar-refractivity contribution in [2.45, 2.75) is 32.5 Å². The average molecular weight is 314 g/mol. The number of rotatable bonds is 5. The van der Waals surface area contributed by atoms with Gasteiger partial charge in [0.25, 0.3) is 0 Å². The Hall–Kier alpha value is -1.40. The Balaban J connectivity index is 2.14. The molecule has 0 fully saturated rings. The van der Waals surface area contributed by atoms with E-state index in [0.717, 1.165) is 35.8 Å². The minimum absolute atomic E-state index is 0.143. The molecule has 2 aromatic rings. The Labute approximate surface area is 126 Å². The predicted octanol–water partition coefficient (Wildman–Crippen LogP) is 4.89. The third kappa shape index (κ3) is 4.04. The standard InChI is InChI=1S/C15H17F3N2S/c1-3-8-19-10(2)13-9-21-14(20-13)11-4-6-12(7-5-11)15(16,17)18/h4-7,9-10,19H,3,8H2,1-2H3. The summed E-state index contributed by atoms with van der Waals surface area (Å²) in [4.78, 5) is 4.50. The zero-order valence-corrected chi connectivity index (χ0v) is 12.7. The quantitative estimate of drug-likeness (QED) is 0.850. The number of nitrogens with one attached hydrogen (secondary N) is 1. The van der Waals surface area contributed by atoms with Gasteiger partial charge >= 0.3 is 6.18 Å². The number of hydrogen-bond acceptors (Lipinski definition) is 3. The molecule has 1 unspecified atom stereocenters. The summed E-state index contributed by atoms with van der Waals surface area (Å²) in [6, 6.07) is 5.26. The van der Waals surface area contributed by atoms with E-state index in [9.17, 15) is 13.2 Å². The summed E-state index contributed by atoms with van der Waals surface area (Å²) >= 11 is 1.45. The number of thiazole rings is 1. The smallest absolute Gasteiger partial charge is 0.309 e. The van der Waals surface area contributed by atoms with Crippen LogP contribution in [0.3, 0.4) is 0 Å². The normalized spacial score (nSPS) is 13.4. The van der Waals surface area contributed by atoms with Gasteiger partial charge in [0, 0.05) is 17.0 Å². The Kier molecular flexibility index (Phi) is 5.00. The molecule has 21 heavy (non-hydrogen) atoms. The first-order chi connectivity index (χ1) is 9.91. The Bertz CT molecular complexity index is 575. The van der Waals surface area contributed by atoms with Gasteiger partial charge in [0.15, 0.2) is 0 Å². The third-order valence-corrected chi connectivity index (χ3v) is 4.03. The Morgan fingerprint density at radius 2 is 1.90 bits per heavy atom. The average Bonchev–Trinajstić information content (AvgIpc) is 2.94. The summed E-state index contributed by atoms with van der Waals surface area (Å²) in [6.07, 6.45) is -3.26. The van der Waals surface area contributed by atoms with Crippen LogP contribution in [0.25, 0.3) is 10.6 Å². The van der Waals surface area contributed by atoms with Gasteiger partial charge in [-0.15, -0.1) is 11.3 Å². The summed E-state index contributed by atoms with van der Waals surface area (Å²) < 4.78 is 37.6. The van der Waals surface area contributed by atoms with Gasteiger partial charge in [0.1, 0.15) is 5.01 Å². The molecule has 1 aromatic heterocycles. The highest BCUT2D eigenvalue weighted by molar-refractivity contribution is 7.13. The summed E-state index contributed by atoms with van der Waals surface area (Å²) in [7, 11) is 0. The molecule has 0 radical (unpaired) electrons. The lowest BCUT2D eigenvalue weighted by Gasteiger charge is -2.09. The molecule has 1 heterocycles. The van der Waals surface area contributed by atoms with Crippen LogP contribution in [0.2, 0.25) is 0 Å². The van der Waals surface area contributed by atoms with Gasteiger partial charge < -0.3 is 5.32 Å². The van der Waals surface area contributed by atoms with Crippen LogP contribution in [-0.2, 0) is 6.18 Å². The van der Waals surface area contributed by atoms with Crippen LogP contribution in [0, 0.1) is 0 Å². The van der Waals surface area contributed by atoms with Crippen LogP contribution in [-0.4, -0.2) is 11.5 Å². The second kappa shape index (κ2) is 6.58. The van der Waals surface area contributed by atoms with Gasteiger partial charge in [-0.05, 0) is 32.0 Å². The molecule has 0 aliphatic heterocycles. The molecule has 2 nitrogen and oxygen atoms in total. The highest BCUT2D eigenvalue weighted by atomic mass is 32.1. The monoisotopic (exact) mass is 314 g/mol. The van der Waals surface area contributed by atoms with Crippen LogP contribution in [0.5, 0.6) is 0 Å². The maximum absolute atomic E-state index is 12.5. The van der Waals surface area contributed by atoms with E-state index in [1.165, 1.54) is 23.5 Å². The topological polar surface area (TPSA) is 24.9 Å². The molecule has 1 aromatic carbocycles. The van der Waals surface area contributed by atoms with Gasteiger partial charge in [0.05, 0.1) is 11.3 Å². The molecule has 114 valence electrons. The molecule has 2 rings (SSSR count). The fourth-order valence-electron chi connectivity index (χ4n) is 1.88. The SMILES string of the molecule is CCCNC(C)c1csc(-c2ccc(C(F)(F)F)cc2)n1. The van der Waals surface area contributed by atoms with Gasteiger partial charge in [-0.1, -0.05) is 19.1 Å². The number of hydrogen-bond donors (Lipinski definition) is 1. The molecule has 0 spiro atoms. The van der Waals surface area contributed by atoms with Crippen molar-refractivity contribution in [3.05, 3.63) is 40.9 Å². The van der Waals surface area contributed by atoms with Crippen molar-refractivity contribution in [2.24, 2.45) is 0 Å². The van der Waals surface area contributed by atoms with Gasteiger partial charge in [0.2, 0.25) is 0 Å². The number of nitrogens with zero attached hydrogens (tertiary/aromatic N) is 1. The van der Waals surface area contributed by atoms with E-state index in [2.05, 4.69) is 17.2 Å². The highest BCUT2D eigenvalue weighted by Crippen LogP contribution is 2.32.